The molecule has 0 aliphatic rings. The van der Waals surface area contributed by atoms with Gasteiger partial charge in [-0.25, -0.2) is 8.42 Å². The standard InChI is InChI=1S/C25H26ClN3O4S/c1-19(25(31)27-2)28(17-20-11-5-3-6-12-20)24(30)18-29(23-16-10-9-15-22(23)26)34(32,33)21-13-7-4-8-14-21/h3-16,19H,17-18H2,1-2H3,(H,27,31)/t19-/m1/s1. The second kappa shape index (κ2) is 11.2. The van der Waals surface area contributed by atoms with Gasteiger partial charge in [-0.3, -0.25) is 13.9 Å². The highest BCUT2D eigenvalue weighted by Crippen LogP contribution is 2.30. The molecule has 0 saturated heterocycles. The number of carbonyl (C=O) groups excluding carboxylic acids is 2. The molecule has 7 nitrogen and oxygen atoms in total. The van der Waals surface area contributed by atoms with Gasteiger partial charge in [0.15, 0.2) is 0 Å². The number of sulfonamides is 1. The molecule has 0 saturated carbocycles. The van der Waals surface area contributed by atoms with E-state index in [2.05, 4.69) is 5.32 Å². The number of likely N-dealkylation sites (N-methyl/N-ethyl adjacent to an activating group) is 1. The Kier molecular flexibility index (Phi) is 8.31. The lowest BCUT2D eigenvalue weighted by molar-refractivity contribution is -0.139. The predicted molar refractivity (Wildman–Crippen MR) is 133 cm³/mol. The molecule has 3 aromatic rings. The zero-order chi connectivity index (χ0) is 24.7. The Hall–Kier alpha value is -3.36. The summed E-state index contributed by atoms with van der Waals surface area (Å²) in [4.78, 5) is 27.4. The number of nitrogens with one attached hydrogen (secondary N) is 1. The average molecular weight is 500 g/mol. The van der Waals surface area contributed by atoms with Gasteiger partial charge in [0.05, 0.1) is 15.6 Å². The molecule has 0 spiro atoms. The van der Waals surface area contributed by atoms with Crippen molar-refractivity contribution in [1.29, 1.82) is 0 Å². The molecule has 178 valence electrons. The van der Waals surface area contributed by atoms with Gasteiger partial charge in [-0.2, -0.15) is 0 Å². The zero-order valence-corrected chi connectivity index (χ0v) is 20.5. The first kappa shape index (κ1) is 25.3. The van der Waals surface area contributed by atoms with Crippen LogP contribution in [0.25, 0.3) is 0 Å². The second-order valence-electron chi connectivity index (χ2n) is 7.57. The molecular formula is C25H26ClN3O4S. The van der Waals surface area contributed by atoms with Gasteiger partial charge in [0.1, 0.15) is 12.6 Å². The summed E-state index contributed by atoms with van der Waals surface area (Å²) in [6, 6.07) is 22.6. The van der Waals surface area contributed by atoms with Crippen molar-refractivity contribution in [3.05, 3.63) is 95.5 Å². The summed E-state index contributed by atoms with van der Waals surface area (Å²) in [7, 11) is -2.64. The smallest absolute Gasteiger partial charge is 0.264 e. The SMILES string of the molecule is CNC(=O)[C@@H](C)N(Cc1ccccc1)C(=O)CN(c1ccccc1Cl)S(=O)(=O)c1ccccc1. The summed E-state index contributed by atoms with van der Waals surface area (Å²) in [5, 5.41) is 2.73. The van der Waals surface area contributed by atoms with Crippen molar-refractivity contribution in [3.8, 4) is 0 Å². The van der Waals surface area contributed by atoms with Crippen LogP contribution in [0.2, 0.25) is 5.02 Å². The van der Waals surface area contributed by atoms with Crippen molar-refractivity contribution in [3.63, 3.8) is 0 Å². The van der Waals surface area contributed by atoms with Crippen LogP contribution in [-0.4, -0.2) is 44.8 Å². The zero-order valence-electron chi connectivity index (χ0n) is 18.9. The van der Waals surface area contributed by atoms with E-state index in [1.807, 2.05) is 30.3 Å². The maximum atomic E-state index is 13.6. The Labute approximate surface area is 205 Å². The Morgan fingerprint density at radius 3 is 2.06 bits per heavy atom. The van der Waals surface area contributed by atoms with Crippen LogP contribution in [0.1, 0.15) is 12.5 Å². The normalized spacial score (nSPS) is 12.0. The van der Waals surface area contributed by atoms with Crippen LogP contribution in [0.5, 0.6) is 0 Å². The lowest BCUT2D eigenvalue weighted by Gasteiger charge is -2.32. The van der Waals surface area contributed by atoms with Crippen molar-refractivity contribution in [2.24, 2.45) is 0 Å². The van der Waals surface area contributed by atoms with Crippen LogP contribution in [0.4, 0.5) is 5.69 Å². The number of amides is 2. The van der Waals surface area contributed by atoms with Crippen molar-refractivity contribution < 1.29 is 18.0 Å². The molecule has 0 unspecified atom stereocenters. The van der Waals surface area contributed by atoms with Gasteiger partial charge >= 0.3 is 0 Å². The van der Waals surface area contributed by atoms with E-state index in [1.165, 1.54) is 24.1 Å². The molecule has 0 bridgehead atoms. The molecule has 0 radical (unpaired) electrons. The molecule has 0 aromatic heterocycles. The van der Waals surface area contributed by atoms with Crippen molar-refractivity contribution in [2.45, 2.75) is 24.4 Å². The molecule has 1 N–H and O–H groups in total. The third-order valence-electron chi connectivity index (χ3n) is 5.34. The summed E-state index contributed by atoms with van der Waals surface area (Å²) in [5.41, 5.74) is 0.982. The molecule has 34 heavy (non-hydrogen) atoms. The first-order valence-electron chi connectivity index (χ1n) is 10.6. The molecule has 3 rings (SSSR count). The van der Waals surface area contributed by atoms with Gasteiger partial charge in [0, 0.05) is 13.6 Å². The minimum atomic E-state index is -4.13. The third kappa shape index (κ3) is 5.76. The minimum absolute atomic E-state index is 0.0247. The van der Waals surface area contributed by atoms with Gasteiger partial charge in [-0.15, -0.1) is 0 Å². The maximum Gasteiger partial charge on any atom is 0.264 e. The fourth-order valence-corrected chi connectivity index (χ4v) is 5.20. The Morgan fingerprint density at radius 1 is 0.912 bits per heavy atom. The average Bonchev–Trinajstić information content (AvgIpc) is 2.86. The van der Waals surface area contributed by atoms with Crippen molar-refractivity contribution in [1.82, 2.24) is 10.2 Å². The molecular weight excluding hydrogens is 474 g/mol. The monoisotopic (exact) mass is 499 g/mol. The van der Waals surface area contributed by atoms with Crippen LogP contribution in [0, 0.1) is 0 Å². The van der Waals surface area contributed by atoms with E-state index in [9.17, 15) is 18.0 Å². The van der Waals surface area contributed by atoms with Crippen LogP contribution < -0.4 is 9.62 Å². The van der Waals surface area contributed by atoms with Crippen LogP contribution in [0.3, 0.4) is 0 Å². The van der Waals surface area contributed by atoms with Gasteiger partial charge in [0.2, 0.25) is 11.8 Å². The van der Waals surface area contributed by atoms with Crippen LogP contribution in [-0.2, 0) is 26.2 Å². The predicted octanol–water partition coefficient (Wildman–Crippen LogP) is 3.70. The Morgan fingerprint density at radius 2 is 1.47 bits per heavy atom. The van der Waals surface area contributed by atoms with Gasteiger partial charge in [0.25, 0.3) is 10.0 Å². The van der Waals surface area contributed by atoms with E-state index < -0.39 is 28.5 Å². The second-order valence-corrected chi connectivity index (χ2v) is 9.84. The Balaban J connectivity index is 2.03. The van der Waals surface area contributed by atoms with Gasteiger partial charge in [-0.05, 0) is 36.8 Å². The molecule has 0 heterocycles. The number of carbonyl (C=O) groups is 2. The van der Waals surface area contributed by atoms with Crippen LogP contribution >= 0.6 is 11.6 Å². The van der Waals surface area contributed by atoms with Crippen LogP contribution in [0.15, 0.2) is 89.8 Å². The quantitative estimate of drug-likeness (QED) is 0.486. The topological polar surface area (TPSA) is 86.8 Å². The number of nitrogens with zero attached hydrogens (tertiary/aromatic N) is 2. The molecule has 2 amide bonds. The minimum Gasteiger partial charge on any atom is -0.357 e. The van der Waals surface area contributed by atoms with E-state index >= 15 is 0 Å². The highest BCUT2D eigenvalue weighted by molar-refractivity contribution is 7.92. The fraction of sp³-hybridized carbons (Fsp3) is 0.200. The van der Waals surface area contributed by atoms with Crippen molar-refractivity contribution in [2.75, 3.05) is 17.9 Å². The number of halogens is 1. The number of hydrogen-bond acceptors (Lipinski definition) is 4. The summed E-state index contributed by atoms with van der Waals surface area (Å²) in [5.74, 6) is -0.904. The summed E-state index contributed by atoms with van der Waals surface area (Å²) >= 11 is 6.35. The summed E-state index contributed by atoms with van der Waals surface area (Å²) in [6.45, 7) is 1.20. The largest absolute Gasteiger partial charge is 0.357 e. The van der Waals surface area contributed by atoms with Gasteiger partial charge in [-0.1, -0.05) is 72.3 Å². The molecule has 0 aliphatic carbocycles. The highest BCUT2D eigenvalue weighted by atomic mass is 35.5. The lowest BCUT2D eigenvalue weighted by Crippen LogP contribution is -2.50. The van der Waals surface area contributed by atoms with Crippen molar-refractivity contribution >= 4 is 39.1 Å². The molecule has 0 fully saturated rings. The first-order valence-corrected chi connectivity index (χ1v) is 12.4. The molecule has 1 atom stereocenters. The first-order chi connectivity index (χ1) is 16.3. The van der Waals surface area contributed by atoms with E-state index in [1.54, 1.807) is 49.4 Å². The maximum absolute atomic E-state index is 13.6. The summed E-state index contributed by atoms with van der Waals surface area (Å²) in [6.07, 6.45) is 0. The van der Waals surface area contributed by atoms with E-state index in [0.717, 1.165) is 9.87 Å². The lowest BCUT2D eigenvalue weighted by atomic mass is 10.1. The summed E-state index contributed by atoms with van der Waals surface area (Å²) < 4.78 is 28.1. The third-order valence-corrected chi connectivity index (χ3v) is 7.43. The number of benzene rings is 3. The molecule has 9 heteroatoms. The number of para-hydroxylation sites is 1. The van der Waals surface area contributed by atoms with E-state index in [4.69, 9.17) is 11.6 Å². The number of hydrogen-bond donors (Lipinski definition) is 1. The Bertz CT molecular complexity index is 1240. The number of anilines is 1. The number of rotatable bonds is 9. The molecule has 3 aromatic carbocycles. The highest BCUT2D eigenvalue weighted by Gasteiger charge is 2.33. The van der Waals surface area contributed by atoms with E-state index in [0.29, 0.717) is 0 Å². The van der Waals surface area contributed by atoms with E-state index in [-0.39, 0.29) is 28.1 Å². The van der Waals surface area contributed by atoms with Gasteiger partial charge < -0.3 is 10.2 Å². The fourth-order valence-electron chi connectivity index (χ4n) is 3.46. The molecule has 0 aliphatic heterocycles.